The van der Waals surface area contributed by atoms with Crippen LogP contribution < -0.4 is 5.32 Å². The van der Waals surface area contributed by atoms with Crippen molar-refractivity contribution in [3.05, 3.63) is 0 Å². The third-order valence-electron chi connectivity index (χ3n) is 3.39. The second-order valence-corrected chi connectivity index (χ2v) is 5.70. The van der Waals surface area contributed by atoms with E-state index in [1.807, 2.05) is 0 Å². The number of esters is 1. The molecule has 4 heteroatoms. The van der Waals surface area contributed by atoms with Gasteiger partial charge in [-0.05, 0) is 31.3 Å². The predicted octanol–water partition coefficient (Wildman–Crippen LogP) is 2.59. The van der Waals surface area contributed by atoms with Gasteiger partial charge < -0.3 is 10.1 Å². The molecule has 1 saturated carbocycles. The Hall–Kier alpha value is -0.220. The normalized spacial score (nSPS) is 19.6. The molecule has 0 saturated heterocycles. The van der Waals surface area contributed by atoms with Crippen molar-refractivity contribution in [1.29, 1.82) is 0 Å². The van der Waals surface area contributed by atoms with Crippen LogP contribution in [0.15, 0.2) is 0 Å². The molecule has 1 aliphatic rings. The highest BCUT2D eigenvalue weighted by atomic mass is 32.2. The lowest BCUT2D eigenvalue weighted by Gasteiger charge is -2.23. The summed E-state index contributed by atoms with van der Waals surface area (Å²) >= 11 is 1.78. The van der Waals surface area contributed by atoms with Crippen LogP contribution in [0.3, 0.4) is 0 Å². The monoisotopic (exact) mass is 259 g/mol. The van der Waals surface area contributed by atoms with Crippen molar-refractivity contribution in [3.8, 4) is 0 Å². The Morgan fingerprint density at radius 2 is 2.00 bits per heavy atom. The number of nitrogens with one attached hydrogen (secondary N) is 1. The summed E-state index contributed by atoms with van der Waals surface area (Å²) in [5.74, 6) is 0.891. The van der Waals surface area contributed by atoms with Crippen LogP contribution in [0, 0.1) is 0 Å². The molecule has 1 unspecified atom stereocenters. The Morgan fingerprint density at radius 1 is 1.35 bits per heavy atom. The van der Waals surface area contributed by atoms with Gasteiger partial charge in [-0.3, -0.25) is 4.79 Å². The van der Waals surface area contributed by atoms with Gasteiger partial charge >= 0.3 is 5.97 Å². The summed E-state index contributed by atoms with van der Waals surface area (Å²) < 4.78 is 4.87. The standard InChI is InChI=1S/C13H25NO2S/c1-16-13(15)12(9-10-17-2)14-11-7-5-3-4-6-8-11/h11-12,14H,3-10H2,1-2H3. The van der Waals surface area contributed by atoms with Crippen molar-refractivity contribution in [3.63, 3.8) is 0 Å². The molecule has 100 valence electrons. The summed E-state index contributed by atoms with van der Waals surface area (Å²) in [6, 6.07) is 0.388. The van der Waals surface area contributed by atoms with E-state index in [1.165, 1.54) is 45.6 Å². The summed E-state index contributed by atoms with van der Waals surface area (Å²) in [6.45, 7) is 0. The Balaban J connectivity index is 2.42. The summed E-state index contributed by atoms with van der Waals surface area (Å²) in [6.07, 6.45) is 10.6. The van der Waals surface area contributed by atoms with Crippen LogP contribution in [-0.4, -0.2) is 37.2 Å². The van der Waals surface area contributed by atoms with Gasteiger partial charge in [0.25, 0.3) is 0 Å². The van der Waals surface area contributed by atoms with E-state index in [0.29, 0.717) is 6.04 Å². The summed E-state index contributed by atoms with van der Waals surface area (Å²) in [7, 11) is 1.48. The van der Waals surface area contributed by atoms with Gasteiger partial charge in [0.05, 0.1) is 7.11 Å². The van der Waals surface area contributed by atoms with Crippen LogP contribution >= 0.6 is 11.8 Å². The Bertz CT molecular complexity index is 215. The lowest BCUT2D eigenvalue weighted by molar-refractivity contribution is -0.143. The van der Waals surface area contributed by atoms with Crippen molar-refractivity contribution in [1.82, 2.24) is 5.32 Å². The van der Waals surface area contributed by atoms with E-state index in [-0.39, 0.29) is 12.0 Å². The maximum atomic E-state index is 11.7. The van der Waals surface area contributed by atoms with Gasteiger partial charge in [-0.2, -0.15) is 11.8 Å². The number of carbonyl (C=O) groups is 1. The van der Waals surface area contributed by atoms with Crippen molar-refractivity contribution in [2.75, 3.05) is 19.1 Å². The zero-order chi connectivity index (χ0) is 12.5. The minimum atomic E-state index is -0.115. The van der Waals surface area contributed by atoms with E-state index >= 15 is 0 Å². The van der Waals surface area contributed by atoms with Crippen LogP contribution in [0.5, 0.6) is 0 Å². The molecule has 0 amide bonds. The molecule has 1 aliphatic carbocycles. The fraction of sp³-hybridized carbons (Fsp3) is 0.923. The van der Waals surface area contributed by atoms with Crippen LogP contribution in [0.1, 0.15) is 44.9 Å². The fourth-order valence-corrected chi connectivity index (χ4v) is 2.85. The highest BCUT2D eigenvalue weighted by Crippen LogP contribution is 2.18. The largest absolute Gasteiger partial charge is 0.468 e. The SMILES string of the molecule is COC(=O)C(CCSC)NC1CCCCCC1. The zero-order valence-corrected chi connectivity index (χ0v) is 11.9. The summed E-state index contributed by atoms with van der Waals surface area (Å²) in [4.78, 5) is 11.7. The molecule has 17 heavy (non-hydrogen) atoms. The molecular weight excluding hydrogens is 234 g/mol. The first-order valence-corrected chi connectivity index (χ1v) is 8.00. The van der Waals surface area contributed by atoms with Gasteiger partial charge in [0.2, 0.25) is 0 Å². The molecule has 1 N–H and O–H groups in total. The van der Waals surface area contributed by atoms with Crippen LogP contribution in [0.4, 0.5) is 0 Å². The molecule has 0 aliphatic heterocycles. The first-order valence-electron chi connectivity index (χ1n) is 6.60. The van der Waals surface area contributed by atoms with Crippen molar-refractivity contribution >= 4 is 17.7 Å². The minimum Gasteiger partial charge on any atom is -0.468 e. The van der Waals surface area contributed by atoms with E-state index in [9.17, 15) is 4.79 Å². The van der Waals surface area contributed by atoms with Gasteiger partial charge in [0.15, 0.2) is 0 Å². The number of hydrogen-bond donors (Lipinski definition) is 1. The van der Waals surface area contributed by atoms with Gasteiger partial charge in [-0.15, -0.1) is 0 Å². The van der Waals surface area contributed by atoms with Gasteiger partial charge in [0, 0.05) is 6.04 Å². The Kier molecular flexibility index (Phi) is 7.69. The van der Waals surface area contributed by atoms with Gasteiger partial charge in [-0.1, -0.05) is 25.7 Å². The molecule has 1 rings (SSSR count). The Labute approximate surface area is 109 Å². The molecule has 3 nitrogen and oxygen atoms in total. The third kappa shape index (κ3) is 5.77. The maximum absolute atomic E-state index is 11.7. The number of thioether (sulfide) groups is 1. The lowest BCUT2D eigenvalue weighted by Crippen LogP contribution is -2.44. The summed E-state index contributed by atoms with van der Waals surface area (Å²) in [5, 5.41) is 3.49. The molecule has 0 bridgehead atoms. The van der Waals surface area contributed by atoms with Gasteiger partial charge in [0.1, 0.15) is 6.04 Å². The highest BCUT2D eigenvalue weighted by molar-refractivity contribution is 7.98. The molecule has 0 aromatic carbocycles. The molecule has 0 aromatic heterocycles. The number of hydrogen-bond acceptors (Lipinski definition) is 4. The first-order chi connectivity index (χ1) is 8.27. The van der Waals surface area contributed by atoms with E-state index < -0.39 is 0 Å². The van der Waals surface area contributed by atoms with Crippen molar-refractivity contribution in [2.45, 2.75) is 57.0 Å². The highest BCUT2D eigenvalue weighted by Gasteiger charge is 2.22. The van der Waals surface area contributed by atoms with E-state index in [4.69, 9.17) is 4.74 Å². The van der Waals surface area contributed by atoms with E-state index in [0.717, 1.165) is 12.2 Å². The quantitative estimate of drug-likeness (QED) is 0.588. The molecule has 1 atom stereocenters. The zero-order valence-electron chi connectivity index (χ0n) is 11.0. The first kappa shape index (κ1) is 14.8. The van der Waals surface area contributed by atoms with Crippen LogP contribution in [0.25, 0.3) is 0 Å². The molecule has 1 fully saturated rings. The van der Waals surface area contributed by atoms with Crippen LogP contribution in [0.2, 0.25) is 0 Å². The predicted molar refractivity (Wildman–Crippen MR) is 73.4 cm³/mol. The third-order valence-corrected chi connectivity index (χ3v) is 4.03. The summed E-state index contributed by atoms with van der Waals surface area (Å²) in [5.41, 5.74) is 0. The van der Waals surface area contributed by atoms with Crippen molar-refractivity contribution in [2.24, 2.45) is 0 Å². The number of carbonyl (C=O) groups excluding carboxylic acids is 1. The lowest BCUT2D eigenvalue weighted by atomic mass is 10.1. The molecule has 0 aromatic rings. The average Bonchev–Trinajstić information content (AvgIpc) is 2.62. The topological polar surface area (TPSA) is 38.3 Å². The minimum absolute atomic E-state index is 0.108. The van der Waals surface area contributed by atoms with E-state index in [2.05, 4.69) is 11.6 Å². The molecular formula is C13H25NO2S. The molecule has 0 radical (unpaired) electrons. The number of rotatable bonds is 6. The van der Waals surface area contributed by atoms with E-state index in [1.54, 1.807) is 11.8 Å². The number of ether oxygens (including phenoxy) is 1. The van der Waals surface area contributed by atoms with Gasteiger partial charge in [-0.25, -0.2) is 0 Å². The smallest absolute Gasteiger partial charge is 0.322 e. The fourth-order valence-electron chi connectivity index (χ4n) is 2.38. The molecule has 0 spiro atoms. The second-order valence-electron chi connectivity index (χ2n) is 4.71. The van der Waals surface area contributed by atoms with Crippen molar-refractivity contribution < 1.29 is 9.53 Å². The number of methoxy groups -OCH3 is 1. The maximum Gasteiger partial charge on any atom is 0.322 e. The average molecular weight is 259 g/mol. The second kappa shape index (κ2) is 8.81. The Morgan fingerprint density at radius 3 is 2.53 bits per heavy atom. The van der Waals surface area contributed by atoms with Crippen LogP contribution in [-0.2, 0) is 9.53 Å². The molecule has 0 heterocycles.